The Kier molecular flexibility index (Phi) is 34.7. The molecule has 0 spiro atoms. The van der Waals surface area contributed by atoms with E-state index in [1.54, 1.807) is 0 Å². The molecule has 0 aromatic heterocycles. The summed E-state index contributed by atoms with van der Waals surface area (Å²) in [6.07, 6.45) is 37.7. The summed E-state index contributed by atoms with van der Waals surface area (Å²) < 4.78 is 33.8. The third-order valence-electron chi connectivity index (χ3n) is 9.03. The molecule has 53 heavy (non-hydrogen) atoms. The lowest BCUT2D eigenvalue weighted by atomic mass is 10.0. The van der Waals surface area contributed by atoms with Gasteiger partial charge in [-0.1, -0.05) is 140 Å². The molecule has 0 aliphatic carbocycles. The van der Waals surface area contributed by atoms with Crippen molar-refractivity contribution in [2.45, 2.75) is 180 Å². The van der Waals surface area contributed by atoms with Crippen molar-refractivity contribution < 1.29 is 42.1 Å². The van der Waals surface area contributed by atoms with Crippen LogP contribution in [0.15, 0.2) is 37.0 Å². The van der Waals surface area contributed by atoms with Crippen molar-refractivity contribution in [2.24, 2.45) is 0 Å². The summed E-state index contributed by atoms with van der Waals surface area (Å²) in [5, 5.41) is 0. The first-order valence-corrected chi connectivity index (χ1v) is 22.6. The predicted molar refractivity (Wildman–Crippen MR) is 217 cm³/mol. The number of ether oxygens (including phenoxy) is 2. The highest BCUT2D eigenvalue weighted by Crippen LogP contribution is 2.38. The number of carbonyl (C=O) groups excluding carboxylic acids is 2. The predicted octanol–water partition coefficient (Wildman–Crippen LogP) is 11.1. The van der Waals surface area contributed by atoms with E-state index < -0.39 is 32.5 Å². The van der Waals surface area contributed by atoms with Gasteiger partial charge in [0.05, 0.1) is 27.7 Å². The Bertz CT molecular complexity index is 993. The van der Waals surface area contributed by atoms with Gasteiger partial charge >= 0.3 is 11.9 Å². The third-order valence-corrected chi connectivity index (χ3v) is 9.99. The number of phosphoric acid groups is 1. The number of unbranched alkanes of at least 4 members (excludes halogenated alkanes) is 20. The SMILES string of the molecule is C=CCCCCCCCCCCCCCCCC(=O)OC[C@H](COP(=O)([O-])OCC[N+](C)(C)C)OC(=O)CCCCCCC/C=C/C/C=C/CCCC. The Morgan fingerprint density at radius 3 is 1.62 bits per heavy atom. The maximum Gasteiger partial charge on any atom is 0.306 e. The molecule has 0 heterocycles. The van der Waals surface area contributed by atoms with E-state index in [1.165, 1.54) is 77.0 Å². The number of hydrogen-bond donors (Lipinski definition) is 0. The van der Waals surface area contributed by atoms with Crippen molar-refractivity contribution in [2.75, 3.05) is 47.5 Å². The van der Waals surface area contributed by atoms with E-state index in [0.717, 1.165) is 70.6 Å². The van der Waals surface area contributed by atoms with Crippen LogP contribution in [0.2, 0.25) is 0 Å². The third kappa shape index (κ3) is 39.7. The number of carbonyl (C=O) groups is 2. The van der Waals surface area contributed by atoms with Crippen LogP contribution in [0.1, 0.15) is 174 Å². The van der Waals surface area contributed by atoms with E-state index in [9.17, 15) is 19.0 Å². The van der Waals surface area contributed by atoms with Crippen LogP contribution in [0, 0.1) is 0 Å². The number of esters is 2. The molecule has 0 amide bonds. The molecule has 0 rings (SSSR count). The smallest absolute Gasteiger partial charge is 0.306 e. The second kappa shape index (κ2) is 35.9. The molecule has 2 atom stereocenters. The minimum Gasteiger partial charge on any atom is -0.756 e. The lowest BCUT2D eigenvalue weighted by Crippen LogP contribution is -2.37. The molecule has 0 saturated carbocycles. The molecule has 0 radical (unpaired) electrons. The summed E-state index contributed by atoms with van der Waals surface area (Å²) in [5.41, 5.74) is 0. The molecule has 0 aliphatic rings. The summed E-state index contributed by atoms with van der Waals surface area (Å²) in [5.74, 6) is -0.853. The maximum absolute atomic E-state index is 12.6. The topological polar surface area (TPSA) is 111 Å². The summed E-state index contributed by atoms with van der Waals surface area (Å²) in [7, 11) is 1.15. The highest BCUT2D eigenvalue weighted by molar-refractivity contribution is 7.45. The minimum atomic E-state index is -4.62. The molecule has 0 saturated heterocycles. The quantitative estimate of drug-likeness (QED) is 0.0200. The molecule has 0 N–H and O–H groups in total. The average molecular weight is 770 g/mol. The van der Waals surface area contributed by atoms with Crippen LogP contribution < -0.4 is 4.89 Å². The van der Waals surface area contributed by atoms with Crippen LogP contribution in [0.5, 0.6) is 0 Å². The Labute approximate surface area is 325 Å². The monoisotopic (exact) mass is 770 g/mol. The van der Waals surface area contributed by atoms with E-state index in [0.29, 0.717) is 17.4 Å². The first kappa shape index (κ1) is 51.2. The highest BCUT2D eigenvalue weighted by Gasteiger charge is 2.21. The van der Waals surface area contributed by atoms with Gasteiger partial charge in [0.1, 0.15) is 19.8 Å². The second-order valence-electron chi connectivity index (χ2n) is 15.4. The number of hydrogen-bond acceptors (Lipinski definition) is 8. The Balaban J connectivity index is 4.38. The number of likely N-dealkylation sites (N-methyl/N-ethyl adjacent to an activating group) is 1. The van der Waals surface area contributed by atoms with E-state index in [4.69, 9.17) is 18.5 Å². The van der Waals surface area contributed by atoms with Gasteiger partial charge in [-0.3, -0.25) is 14.2 Å². The zero-order valence-corrected chi connectivity index (χ0v) is 35.4. The molecule has 0 aliphatic heterocycles. The van der Waals surface area contributed by atoms with Crippen LogP contribution in [0.25, 0.3) is 0 Å². The molecule has 9 nitrogen and oxygen atoms in total. The van der Waals surface area contributed by atoms with Gasteiger partial charge in [-0.25, -0.2) is 0 Å². The van der Waals surface area contributed by atoms with Crippen LogP contribution in [-0.4, -0.2) is 70.0 Å². The van der Waals surface area contributed by atoms with Gasteiger partial charge < -0.3 is 27.9 Å². The fourth-order valence-corrected chi connectivity index (χ4v) is 6.38. The molecule has 0 aromatic rings. The number of rotatable bonds is 39. The van der Waals surface area contributed by atoms with E-state index >= 15 is 0 Å². The van der Waals surface area contributed by atoms with Crippen molar-refractivity contribution >= 4 is 19.8 Å². The van der Waals surface area contributed by atoms with Gasteiger partial charge in [-0.15, -0.1) is 6.58 Å². The van der Waals surface area contributed by atoms with Gasteiger partial charge in [0.2, 0.25) is 0 Å². The van der Waals surface area contributed by atoms with E-state index in [2.05, 4.69) is 37.8 Å². The first-order chi connectivity index (χ1) is 25.5. The molecular formula is C43H80NO8P. The first-order valence-electron chi connectivity index (χ1n) is 21.2. The van der Waals surface area contributed by atoms with Crippen molar-refractivity contribution in [1.29, 1.82) is 0 Å². The molecule has 10 heteroatoms. The Morgan fingerprint density at radius 2 is 1.11 bits per heavy atom. The lowest BCUT2D eigenvalue weighted by Gasteiger charge is -2.28. The molecular weight excluding hydrogens is 689 g/mol. The molecule has 0 aromatic carbocycles. The molecule has 310 valence electrons. The van der Waals surface area contributed by atoms with Crippen LogP contribution in [-0.2, 0) is 32.7 Å². The zero-order valence-electron chi connectivity index (χ0n) is 34.5. The molecule has 0 bridgehead atoms. The number of quaternary nitrogens is 1. The largest absolute Gasteiger partial charge is 0.756 e. The van der Waals surface area contributed by atoms with Crippen LogP contribution in [0.3, 0.4) is 0 Å². The fourth-order valence-electron chi connectivity index (χ4n) is 5.65. The van der Waals surface area contributed by atoms with Crippen LogP contribution in [0.4, 0.5) is 0 Å². The minimum absolute atomic E-state index is 0.0343. The van der Waals surface area contributed by atoms with Gasteiger partial charge in [0.15, 0.2) is 6.10 Å². The Hall–Kier alpha value is -1.77. The van der Waals surface area contributed by atoms with Crippen molar-refractivity contribution in [1.82, 2.24) is 0 Å². The standard InChI is InChI=1S/C43H80NO8P/c1-6-8-10-12-14-16-18-20-22-24-25-27-29-31-33-35-42(45)49-39-41(40-51-53(47,48)50-38-37-44(3,4)5)52-43(46)36-34-32-30-28-26-23-21-19-17-15-13-11-9-7-2/h6,13,15,19,21,41H,1,7-12,14,16-18,20,22-40H2,2-5H3/b15-13+,21-19+/t41-/m1/s1. The van der Waals surface area contributed by atoms with Gasteiger partial charge in [0, 0.05) is 12.8 Å². The molecule has 1 unspecified atom stereocenters. The summed E-state index contributed by atoms with van der Waals surface area (Å²) >= 11 is 0. The summed E-state index contributed by atoms with van der Waals surface area (Å²) in [6, 6.07) is 0. The average Bonchev–Trinajstić information content (AvgIpc) is 3.10. The van der Waals surface area contributed by atoms with Gasteiger partial charge in [-0.2, -0.15) is 0 Å². The van der Waals surface area contributed by atoms with Gasteiger partial charge in [0.25, 0.3) is 7.82 Å². The zero-order chi connectivity index (χ0) is 39.3. The highest BCUT2D eigenvalue weighted by atomic mass is 31.2. The van der Waals surface area contributed by atoms with Crippen molar-refractivity contribution in [3.8, 4) is 0 Å². The number of phosphoric ester groups is 1. The van der Waals surface area contributed by atoms with E-state index in [-0.39, 0.29) is 26.1 Å². The van der Waals surface area contributed by atoms with Crippen molar-refractivity contribution in [3.63, 3.8) is 0 Å². The lowest BCUT2D eigenvalue weighted by molar-refractivity contribution is -0.870. The van der Waals surface area contributed by atoms with Gasteiger partial charge in [-0.05, 0) is 51.4 Å². The fraction of sp³-hybridized carbons (Fsp3) is 0.814. The Morgan fingerprint density at radius 1 is 0.642 bits per heavy atom. The molecule has 0 fully saturated rings. The summed E-state index contributed by atoms with van der Waals surface area (Å²) in [6.45, 7) is 5.68. The maximum atomic E-state index is 12.6. The normalized spacial score (nSPS) is 13.8. The van der Waals surface area contributed by atoms with E-state index in [1.807, 2.05) is 27.2 Å². The van der Waals surface area contributed by atoms with Crippen molar-refractivity contribution in [3.05, 3.63) is 37.0 Å². The van der Waals surface area contributed by atoms with Crippen LogP contribution >= 0.6 is 7.82 Å². The summed E-state index contributed by atoms with van der Waals surface area (Å²) in [4.78, 5) is 37.5. The number of nitrogens with zero attached hydrogens (tertiary/aromatic N) is 1. The second-order valence-corrected chi connectivity index (χ2v) is 16.8. The number of allylic oxidation sites excluding steroid dienone is 5.